The highest BCUT2D eigenvalue weighted by Gasteiger charge is 2.12. The summed E-state index contributed by atoms with van der Waals surface area (Å²) in [4.78, 5) is 4.55. The van der Waals surface area contributed by atoms with E-state index in [0.29, 0.717) is 0 Å². The average molecular weight is 276 g/mol. The van der Waals surface area contributed by atoms with E-state index in [4.69, 9.17) is 11.0 Å². The first-order valence-corrected chi connectivity index (χ1v) is 6.90. The maximum Gasteiger partial charge on any atom is 0.128 e. The normalized spacial score (nSPS) is 12.2. The Morgan fingerprint density at radius 2 is 1.90 bits per heavy atom. The fourth-order valence-corrected chi connectivity index (χ4v) is 2.48. The summed E-state index contributed by atoms with van der Waals surface area (Å²) in [5.41, 5.74) is 9.89. The van der Waals surface area contributed by atoms with Crippen LogP contribution in [0.25, 0.3) is 16.7 Å². The molecule has 0 aliphatic rings. The van der Waals surface area contributed by atoms with Crippen molar-refractivity contribution in [2.75, 3.05) is 0 Å². The molecule has 4 nitrogen and oxygen atoms in total. The molecule has 0 fully saturated rings. The van der Waals surface area contributed by atoms with E-state index in [1.807, 2.05) is 60.0 Å². The van der Waals surface area contributed by atoms with Gasteiger partial charge in [0.2, 0.25) is 0 Å². The van der Waals surface area contributed by atoms with E-state index in [1.54, 1.807) is 0 Å². The molecule has 2 N–H and O–H groups in total. The third kappa shape index (κ3) is 2.39. The van der Waals surface area contributed by atoms with Gasteiger partial charge in [-0.2, -0.15) is 5.26 Å². The topological polar surface area (TPSA) is 67.6 Å². The Morgan fingerprint density at radius 3 is 2.57 bits per heavy atom. The van der Waals surface area contributed by atoms with Gasteiger partial charge in [-0.25, -0.2) is 4.98 Å². The number of fused-ring (bicyclic) bond motifs is 1. The van der Waals surface area contributed by atoms with Crippen LogP contribution in [0.4, 0.5) is 0 Å². The lowest BCUT2D eigenvalue weighted by atomic mass is 10.1. The number of hydrogen-bond donors (Lipinski definition) is 1. The highest BCUT2D eigenvalue weighted by molar-refractivity contribution is 5.78. The van der Waals surface area contributed by atoms with Crippen molar-refractivity contribution in [2.45, 2.75) is 19.4 Å². The molecule has 0 radical (unpaired) electrons. The average Bonchev–Trinajstić information content (AvgIpc) is 2.85. The van der Waals surface area contributed by atoms with Gasteiger partial charge in [0, 0.05) is 11.7 Å². The third-order valence-electron chi connectivity index (χ3n) is 3.54. The summed E-state index contributed by atoms with van der Waals surface area (Å²) in [6.07, 6.45) is 0.281. The van der Waals surface area contributed by atoms with Crippen molar-refractivity contribution in [1.82, 2.24) is 9.55 Å². The maximum atomic E-state index is 9.01. The third-order valence-corrected chi connectivity index (χ3v) is 3.54. The van der Waals surface area contributed by atoms with Gasteiger partial charge in [0.25, 0.3) is 0 Å². The van der Waals surface area contributed by atoms with Gasteiger partial charge in [-0.05, 0) is 36.8 Å². The molecule has 1 unspecified atom stereocenters. The second-order valence-corrected chi connectivity index (χ2v) is 5.07. The molecule has 0 aliphatic carbocycles. The molecule has 2 aromatic carbocycles. The van der Waals surface area contributed by atoms with Crippen LogP contribution < -0.4 is 5.73 Å². The van der Waals surface area contributed by atoms with Gasteiger partial charge in [-0.1, -0.05) is 24.3 Å². The van der Waals surface area contributed by atoms with Crippen LogP contribution in [-0.2, 0) is 6.42 Å². The molecule has 1 heterocycles. The van der Waals surface area contributed by atoms with Crippen molar-refractivity contribution >= 4 is 11.0 Å². The molecule has 4 heteroatoms. The first kappa shape index (κ1) is 13.3. The Bertz CT molecular complexity index is 807. The number of nitriles is 1. The van der Waals surface area contributed by atoms with Crippen LogP contribution >= 0.6 is 0 Å². The van der Waals surface area contributed by atoms with Gasteiger partial charge in [0.1, 0.15) is 5.82 Å². The first-order chi connectivity index (χ1) is 10.2. The fourth-order valence-electron chi connectivity index (χ4n) is 2.48. The van der Waals surface area contributed by atoms with Crippen LogP contribution in [0.5, 0.6) is 0 Å². The monoisotopic (exact) mass is 276 g/mol. The quantitative estimate of drug-likeness (QED) is 0.799. The lowest BCUT2D eigenvalue weighted by molar-refractivity contribution is 0.817. The number of para-hydroxylation sites is 2. The molecule has 1 atom stereocenters. The molecule has 3 aromatic rings. The van der Waals surface area contributed by atoms with Crippen molar-refractivity contribution in [2.24, 2.45) is 5.73 Å². The summed E-state index contributed by atoms with van der Waals surface area (Å²) in [7, 11) is 0. The van der Waals surface area contributed by atoms with Gasteiger partial charge < -0.3 is 5.73 Å². The molecule has 21 heavy (non-hydrogen) atoms. The van der Waals surface area contributed by atoms with E-state index in [2.05, 4.69) is 11.1 Å². The molecule has 3 rings (SSSR count). The van der Waals surface area contributed by atoms with Crippen molar-refractivity contribution in [3.63, 3.8) is 0 Å². The Kier molecular flexibility index (Phi) is 3.43. The van der Waals surface area contributed by atoms with Crippen LogP contribution in [0, 0.1) is 11.3 Å². The minimum atomic E-state index is 0.0113. The number of rotatable bonds is 3. The van der Waals surface area contributed by atoms with Crippen LogP contribution in [0.3, 0.4) is 0 Å². The van der Waals surface area contributed by atoms with Gasteiger partial charge >= 0.3 is 0 Å². The predicted molar refractivity (Wildman–Crippen MR) is 83.0 cm³/mol. The molecular formula is C17H16N4. The van der Waals surface area contributed by atoms with Crippen LogP contribution in [-0.4, -0.2) is 9.55 Å². The number of aromatic nitrogens is 2. The number of nitrogens with zero attached hydrogens (tertiary/aromatic N) is 3. The Labute approximate surface area is 123 Å². The van der Waals surface area contributed by atoms with Gasteiger partial charge in [0.15, 0.2) is 0 Å². The summed E-state index contributed by atoms with van der Waals surface area (Å²) in [5.74, 6) is 0.757. The molecule has 0 amide bonds. The fraction of sp³-hybridized carbons (Fsp3) is 0.176. The Morgan fingerprint density at radius 1 is 1.19 bits per heavy atom. The Balaban J connectivity index is 2.18. The van der Waals surface area contributed by atoms with Gasteiger partial charge in [-0.15, -0.1) is 0 Å². The largest absolute Gasteiger partial charge is 0.324 e. The standard InChI is InChI=1S/C17H16N4/c1-12(19)13-6-8-14(9-7-13)21-16-5-3-2-4-15(16)20-17(21)10-11-18/h2-9,12H,10,19H2,1H3. The minimum Gasteiger partial charge on any atom is -0.324 e. The maximum absolute atomic E-state index is 9.01. The second-order valence-electron chi connectivity index (χ2n) is 5.07. The van der Waals surface area contributed by atoms with E-state index < -0.39 is 0 Å². The van der Waals surface area contributed by atoms with Crippen molar-refractivity contribution in [1.29, 1.82) is 5.26 Å². The zero-order chi connectivity index (χ0) is 14.8. The van der Waals surface area contributed by atoms with Crippen LogP contribution in [0.2, 0.25) is 0 Å². The predicted octanol–water partition coefficient (Wildman–Crippen LogP) is 3.11. The Hall–Kier alpha value is -2.64. The van der Waals surface area contributed by atoms with Gasteiger partial charge in [0.05, 0.1) is 23.5 Å². The molecule has 0 saturated carbocycles. The lowest BCUT2D eigenvalue weighted by Gasteiger charge is -2.10. The summed E-state index contributed by atoms with van der Waals surface area (Å²) >= 11 is 0. The molecular weight excluding hydrogens is 260 g/mol. The summed E-state index contributed by atoms with van der Waals surface area (Å²) < 4.78 is 2.03. The summed E-state index contributed by atoms with van der Waals surface area (Å²) in [6.45, 7) is 1.96. The summed E-state index contributed by atoms with van der Waals surface area (Å²) in [5, 5.41) is 9.01. The molecule has 104 valence electrons. The smallest absolute Gasteiger partial charge is 0.128 e. The van der Waals surface area contributed by atoms with E-state index in [-0.39, 0.29) is 12.5 Å². The van der Waals surface area contributed by atoms with Gasteiger partial charge in [-0.3, -0.25) is 4.57 Å². The van der Waals surface area contributed by atoms with Crippen LogP contribution in [0.15, 0.2) is 48.5 Å². The van der Waals surface area contributed by atoms with E-state index >= 15 is 0 Å². The van der Waals surface area contributed by atoms with Crippen molar-refractivity contribution in [3.8, 4) is 11.8 Å². The zero-order valence-corrected chi connectivity index (χ0v) is 11.8. The molecule has 0 spiro atoms. The highest BCUT2D eigenvalue weighted by atomic mass is 15.1. The highest BCUT2D eigenvalue weighted by Crippen LogP contribution is 2.23. The SMILES string of the molecule is CC(N)c1ccc(-n2c(CC#N)nc3ccccc32)cc1. The number of benzene rings is 2. The van der Waals surface area contributed by atoms with E-state index in [9.17, 15) is 0 Å². The minimum absolute atomic E-state index is 0.0113. The van der Waals surface area contributed by atoms with Crippen molar-refractivity contribution in [3.05, 3.63) is 59.9 Å². The first-order valence-electron chi connectivity index (χ1n) is 6.90. The van der Waals surface area contributed by atoms with E-state index in [1.165, 1.54) is 0 Å². The molecule has 0 aliphatic heterocycles. The number of nitrogens with two attached hydrogens (primary N) is 1. The lowest BCUT2D eigenvalue weighted by Crippen LogP contribution is -2.05. The molecule has 1 aromatic heterocycles. The summed E-state index contributed by atoms with van der Waals surface area (Å²) in [6, 6.07) is 18.2. The van der Waals surface area contributed by atoms with E-state index in [0.717, 1.165) is 28.1 Å². The molecule has 0 saturated heterocycles. The number of imidazole rings is 1. The molecule has 0 bridgehead atoms. The number of hydrogen-bond acceptors (Lipinski definition) is 3. The zero-order valence-electron chi connectivity index (χ0n) is 11.8. The van der Waals surface area contributed by atoms with Crippen LogP contribution in [0.1, 0.15) is 24.4 Å². The van der Waals surface area contributed by atoms with Crippen molar-refractivity contribution < 1.29 is 0 Å². The second kappa shape index (κ2) is 5.39.